The molecule has 6 nitrogen and oxygen atoms in total. The molecule has 1 unspecified atom stereocenters. The molecule has 0 aliphatic carbocycles. The molecule has 0 bridgehead atoms. The van der Waals surface area contributed by atoms with E-state index in [-0.39, 0.29) is 12.0 Å². The predicted octanol–water partition coefficient (Wildman–Crippen LogP) is 5.76. The smallest absolute Gasteiger partial charge is 0.396 e. The largest absolute Gasteiger partial charge is 0.470 e. The lowest BCUT2D eigenvalue weighted by molar-refractivity contribution is 0.0153. The van der Waals surface area contributed by atoms with Crippen molar-refractivity contribution >= 4 is 7.82 Å². The molecular weight excluding hydrogens is 391 g/mol. The third-order valence-corrected chi connectivity index (χ3v) is 6.83. The molecule has 0 fully saturated rings. The molecule has 0 aromatic heterocycles. The molecule has 3 N–H and O–H groups in total. The first-order chi connectivity index (χ1) is 13.7. The monoisotopic (exact) mass is 436 g/mol. The number of phosphoric ester groups is 1. The van der Waals surface area contributed by atoms with Gasteiger partial charge in [0.2, 0.25) is 0 Å². The van der Waals surface area contributed by atoms with Gasteiger partial charge in [0, 0.05) is 19.8 Å². The lowest BCUT2D eigenvalue weighted by atomic mass is 9.76. The zero-order valence-corrected chi connectivity index (χ0v) is 19.8. The van der Waals surface area contributed by atoms with Gasteiger partial charge in [-0.1, -0.05) is 39.7 Å². The second-order valence-electron chi connectivity index (χ2n) is 8.10. The first-order valence-corrected chi connectivity index (χ1v) is 12.8. The molecule has 1 atom stereocenters. The molecule has 0 saturated carbocycles. The number of hydrogen-bond acceptors (Lipinski definition) is 4. The van der Waals surface area contributed by atoms with Crippen molar-refractivity contribution < 1.29 is 28.7 Å². The van der Waals surface area contributed by atoms with Crippen LogP contribution in [0, 0.1) is 5.41 Å². The van der Waals surface area contributed by atoms with E-state index in [1.807, 2.05) is 13.8 Å². The molecule has 29 heavy (non-hydrogen) atoms. The number of rotatable bonds is 20. The molecule has 0 aromatic rings. The van der Waals surface area contributed by atoms with E-state index in [0.717, 1.165) is 64.4 Å². The van der Waals surface area contributed by atoms with Gasteiger partial charge in [-0.15, -0.1) is 6.58 Å². The molecule has 174 valence electrons. The number of ether oxygens (including phenoxy) is 1. The Morgan fingerprint density at radius 3 is 1.79 bits per heavy atom. The van der Waals surface area contributed by atoms with Gasteiger partial charge < -0.3 is 19.6 Å². The second-order valence-corrected chi connectivity index (χ2v) is 9.26. The van der Waals surface area contributed by atoms with Crippen molar-refractivity contribution in [3.05, 3.63) is 12.7 Å². The molecule has 0 saturated heterocycles. The van der Waals surface area contributed by atoms with Gasteiger partial charge in [0.1, 0.15) is 0 Å². The van der Waals surface area contributed by atoms with Crippen molar-refractivity contribution in [1.82, 2.24) is 0 Å². The van der Waals surface area contributed by atoms with Crippen LogP contribution in [0.5, 0.6) is 0 Å². The van der Waals surface area contributed by atoms with E-state index in [4.69, 9.17) is 24.2 Å². The van der Waals surface area contributed by atoms with E-state index in [0.29, 0.717) is 25.9 Å². The van der Waals surface area contributed by atoms with Crippen molar-refractivity contribution in [2.45, 2.75) is 103 Å². The third-order valence-electron chi connectivity index (χ3n) is 6.21. The number of aliphatic hydroxyl groups is 1. The van der Waals surface area contributed by atoms with Crippen molar-refractivity contribution in [2.24, 2.45) is 5.41 Å². The number of hydrogen-bond donors (Lipinski definition) is 3. The summed E-state index contributed by atoms with van der Waals surface area (Å²) in [7, 11) is -4.47. The van der Waals surface area contributed by atoms with E-state index < -0.39 is 13.4 Å². The minimum absolute atomic E-state index is 0.178. The van der Waals surface area contributed by atoms with Crippen LogP contribution >= 0.6 is 7.82 Å². The normalized spacial score (nSPS) is 14.7. The van der Waals surface area contributed by atoms with E-state index in [9.17, 15) is 4.57 Å². The van der Waals surface area contributed by atoms with Gasteiger partial charge in [-0.25, -0.2) is 4.57 Å². The lowest BCUT2D eigenvalue weighted by Crippen LogP contribution is -2.30. The van der Waals surface area contributed by atoms with E-state index in [1.54, 1.807) is 0 Å². The molecular formula is C22H45O6P. The highest BCUT2D eigenvalue weighted by Gasteiger charge is 2.34. The van der Waals surface area contributed by atoms with Crippen molar-refractivity contribution in [2.75, 3.05) is 19.8 Å². The summed E-state index contributed by atoms with van der Waals surface area (Å²) in [5.41, 5.74) is -0.569. The van der Waals surface area contributed by atoms with Crippen LogP contribution in [0.1, 0.15) is 97.8 Å². The molecule has 0 aliphatic rings. The van der Waals surface area contributed by atoms with Crippen LogP contribution < -0.4 is 0 Å². The fourth-order valence-corrected chi connectivity index (χ4v) is 4.73. The zero-order chi connectivity index (χ0) is 22.2. The average molecular weight is 437 g/mol. The summed E-state index contributed by atoms with van der Waals surface area (Å²) in [6.45, 7) is 11.7. The molecule has 0 rings (SSSR count). The summed E-state index contributed by atoms with van der Waals surface area (Å²) >= 11 is 0. The topological polar surface area (TPSA) is 96.2 Å². The number of aliphatic hydroxyl groups excluding tert-OH is 1. The van der Waals surface area contributed by atoms with Crippen LogP contribution in [0.25, 0.3) is 0 Å². The summed E-state index contributed by atoms with van der Waals surface area (Å²) in [4.78, 5) is 18.3. The van der Waals surface area contributed by atoms with E-state index in [1.165, 1.54) is 0 Å². The van der Waals surface area contributed by atoms with Gasteiger partial charge in [-0.2, -0.15) is 0 Å². The Bertz CT molecular complexity index is 460. The summed E-state index contributed by atoms with van der Waals surface area (Å²) < 4.78 is 22.0. The Morgan fingerprint density at radius 1 is 0.862 bits per heavy atom. The maximum absolute atomic E-state index is 11.2. The number of allylic oxidation sites excluding steroid dienone is 1. The van der Waals surface area contributed by atoms with Gasteiger partial charge >= 0.3 is 7.82 Å². The summed E-state index contributed by atoms with van der Waals surface area (Å²) in [5.74, 6) is 0. The first-order valence-electron chi connectivity index (χ1n) is 11.3. The van der Waals surface area contributed by atoms with Crippen molar-refractivity contribution in [3.63, 3.8) is 0 Å². The maximum Gasteiger partial charge on any atom is 0.470 e. The van der Waals surface area contributed by atoms with Crippen LogP contribution in [0.3, 0.4) is 0 Å². The van der Waals surface area contributed by atoms with Crippen molar-refractivity contribution in [3.8, 4) is 0 Å². The Morgan fingerprint density at radius 2 is 1.38 bits per heavy atom. The quantitative estimate of drug-likeness (QED) is 0.128. The number of unbranched alkanes of at least 4 members (excludes halogenated alkanes) is 3. The fraction of sp³-hybridized carbons (Fsp3) is 0.909. The average Bonchev–Trinajstić information content (AvgIpc) is 2.69. The zero-order valence-electron chi connectivity index (χ0n) is 18.9. The third kappa shape index (κ3) is 12.9. The molecule has 0 radical (unpaired) electrons. The minimum Gasteiger partial charge on any atom is -0.396 e. The Balaban J connectivity index is 4.01. The van der Waals surface area contributed by atoms with Crippen molar-refractivity contribution in [1.29, 1.82) is 0 Å². The summed E-state index contributed by atoms with van der Waals surface area (Å²) in [5, 5.41) is 8.98. The van der Waals surface area contributed by atoms with Gasteiger partial charge in [0.25, 0.3) is 0 Å². The van der Waals surface area contributed by atoms with Crippen LogP contribution in [-0.2, 0) is 13.8 Å². The Kier molecular flexibility index (Phi) is 15.4. The molecule has 0 heterocycles. The Hall–Kier alpha value is -0.230. The molecule has 0 aliphatic heterocycles. The summed E-state index contributed by atoms with van der Waals surface area (Å²) in [6, 6.07) is 0. The summed E-state index contributed by atoms with van der Waals surface area (Å²) in [6.07, 6.45) is 12.8. The number of phosphoric acid groups is 1. The second kappa shape index (κ2) is 15.6. The predicted molar refractivity (Wildman–Crippen MR) is 119 cm³/mol. The molecule has 0 amide bonds. The highest BCUT2D eigenvalue weighted by atomic mass is 31.2. The fourth-order valence-electron chi connectivity index (χ4n) is 3.88. The van der Waals surface area contributed by atoms with Gasteiger partial charge in [-0.3, -0.25) is 4.52 Å². The molecule has 7 heteroatoms. The van der Waals surface area contributed by atoms with Crippen LogP contribution in [0.15, 0.2) is 12.7 Å². The lowest BCUT2D eigenvalue weighted by Gasteiger charge is -2.31. The van der Waals surface area contributed by atoms with E-state index in [2.05, 4.69) is 19.6 Å². The Labute approximate surface area is 178 Å². The van der Waals surface area contributed by atoms with E-state index >= 15 is 0 Å². The highest BCUT2D eigenvalue weighted by molar-refractivity contribution is 7.46. The molecule has 0 spiro atoms. The van der Waals surface area contributed by atoms with Gasteiger partial charge in [0.15, 0.2) is 0 Å². The van der Waals surface area contributed by atoms with Crippen LogP contribution in [0.4, 0.5) is 0 Å². The van der Waals surface area contributed by atoms with Gasteiger partial charge in [0.05, 0.1) is 5.60 Å². The van der Waals surface area contributed by atoms with Crippen LogP contribution in [0.2, 0.25) is 0 Å². The maximum atomic E-state index is 11.2. The van der Waals surface area contributed by atoms with Gasteiger partial charge in [-0.05, 0) is 69.6 Å². The molecule has 0 aromatic carbocycles. The standard InChI is InChI=1S/C22H45O6P/c1-5-21(6-2,15-9-12-18-23)16-10-13-19-27-20-14-11-17-22(7-3,8-4)28-29(24,25)26/h5,23H,1,6-20H2,2-4H3,(H2,24,25,26). The minimum atomic E-state index is -4.47. The first kappa shape index (κ1) is 28.8. The van der Waals surface area contributed by atoms with Crippen LogP contribution in [-0.4, -0.2) is 40.3 Å². The SMILES string of the molecule is C=CC(CC)(CCCCO)CCCCOCCCCC(CC)(CC)OP(=O)(O)O. The highest BCUT2D eigenvalue weighted by Crippen LogP contribution is 2.45.